The highest BCUT2D eigenvalue weighted by Crippen LogP contribution is 2.55. The summed E-state index contributed by atoms with van der Waals surface area (Å²) in [5.41, 5.74) is 16.2. The van der Waals surface area contributed by atoms with Gasteiger partial charge in [-0.25, -0.2) is 14.8 Å². The molecule has 0 bridgehead atoms. The van der Waals surface area contributed by atoms with E-state index in [0.717, 1.165) is 26.3 Å². The number of hydrogen-bond donors (Lipinski definition) is 6. The standard InChI is InChI=1S/C47H38ClN9O7S2/c1-2-33-40(48)39-41(52-33)53-45(54-42(39)56-19-31-32(20-56)47(31,50)44(49)62)66-26-7-3-21-13-22-18-55(12-11-34(22)57(63)35(21)17-26)46(65)51-23-4-8-27(30(14-23)43(60)61)38-28-9-5-24(58)15-36(28)64-37-16-25(59)6-10-29(37)38/h3-10,13-17,31-32,58H,2,11-12,18-20,50H2,1H3,(H2,49,62)(H,51,65)(H,60,61)(H,52,53,54). The maximum Gasteiger partial charge on any atom is 0.336 e. The number of benzene rings is 4. The minimum Gasteiger partial charge on any atom is -0.618 e. The number of carbonyl (C=O) groups is 2. The van der Waals surface area contributed by atoms with Crippen LogP contribution in [0.3, 0.4) is 0 Å². The number of nitrogens with two attached hydrogens (primary N) is 2. The van der Waals surface area contributed by atoms with Gasteiger partial charge in [-0.2, -0.15) is 4.73 Å². The van der Waals surface area contributed by atoms with Crippen molar-refractivity contribution in [1.29, 1.82) is 0 Å². The summed E-state index contributed by atoms with van der Waals surface area (Å²) >= 11 is 14.0. The Kier molecular flexibility index (Phi) is 9.67. The van der Waals surface area contributed by atoms with E-state index in [1.165, 1.54) is 42.1 Å². The van der Waals surface area contributed by atoms with Crippen LogP contribution in [0.1, 0.15) is 34.2 Å². The highest BCUT2D eigenvalue weighted by Gasteiger charge is 2.70. The van der Waals surface area contributed by atoms with E-state index in [4.69, 9.17) is 49.7 Å². The summed E-state index contributed by atoms with van der Waals surface area (Å²) in [7, 11) is 0. The molecule has 2 aliphatic carbocycles. The van der Waals surface area contributed by atoms with E-state index >= 15 is 0 Å². The van der Waals surface area contributed by atoms with Crippen molar-refractivity contribution in [3.63, 3.8) is 0 Å². The van der Waals surface area contributed by atoms with Gasteiger partial charge in [0.2, 0.25) is 11.4 Å². The van der Waals surface area contributed by atoms with Gasteiger partial charge in [0.05, 0.1) is 28.9 Å². The predicted octanol–water partition coefficient (Wildman–Crippen LogP) is 6.40. The van der Waals surface area contributed by atoms with Crippen molar-refractivity contribution in [3.8, 4) is 28.2 Å². The Morgan fingerprint density at radius 1 is 1.08 bits per heavy atom. The van der Waals surface area contributed by atoms with Crippen molar-refractivity contribution >= 4 is 97.0 Å². The Bertz CT molecular complexity index is 3460. The Hall–Kier alpha value is -6.99. The molecule has 1 amide bonds. The lowest BCUT2D eigenvalue weighted by Crippen LogP contribution is -2.47. The number of phenols is 1. The van der Waals surface area contributed by atoms with Crippen molar-refractivity contribution in [2.24, 2.45) is 23.3 Å². The topological polar surface area (TPSA) is 244 Å². The number of thiocarbonyl (C=S) groups is 1. The summed E-state index contributed by atoms with van der Waals surface area (Å²) in [5, 5.41) is 41.3. The van der Waals surface area contributed by atoms with Gasteiger partial charge in [-0.15, -0.1) is 0 Å². The van der Waals surface area contributed by atoms with Gasteiger partial charge in [-0.3, -0.25) is 9.59 Å². The highest BCUT2D eigenvalue weighted by molar-refractivity contribution is 7.99. The molecule has 2 unspecified atom stereocenters. The number of carboxylic acid groups (broad SMARTS) is 1. The van der Waals surface area contributed by atoms with E-state index in [0.29, 0.717) is 110 Å². The molecule has 5 aliphatic rings. The van der Waals surface area contributed by atoms with E-state index in [9.17, 15) is 29.8 Å². The van der Waals surface area contributed by atoms with Crippen LogP contribution in [-0.4, -0.2) is 72.2 Å². The molecule has 0 spiro atoms. The van der Waals surface area contributed by atoms with E-state index < -0.39 is 17.4 Å². The van der Waals surface area contributed by atoms with Crippen LogP contribution in [0.25, 0.3) is 55.4 Å². The number of H-pyrrole nitrogens is 1. The van der Waals surface area contributed by atoms with Gasteiger partial charge in [-0.1, -0.05) is 24.6 Å². The lowest BCUT2D eigenvalue weighted by Gasteiger charge is -2.30. The van der Waals surface area contributed by atoms with E-state index in [-0.39, 0.29) is 39.9 Å². The molecule has 332 valence electrons. The van der Waals surface area contributed by atoms with Crippen LogP contribution in [0.4, 0.5) is 11.5 Å². The second kappa shape index (κ2) is 15.3. The number of aryl methyl sites for hydroxylation is 1. The number of amides is 1. The molecule has 1 saturated heterocycles. The number of nitrogens with one attached hydrogen (secondary N) is 2. The predicted molar refractivity (Wildman–Crippen MR) is 254 cm³/mol. The Morgan fingerprint density at radius 3 is 2.62 bits per heavy atom. The summed E-state index contributed by atoms with van der Waals surface area (Å²) < 4.78 is 6.94. The van der Waals surface area contributed by atoms with Crippen LogP contribution >= 0.6 is 35.6 Å². The summed E-state index contributed by atoms with van der Waals surface area (Å²) in [6, 6.07) is 21.4. The van der Waals surface area contributed by atoms with Gasteiger partial charge < -0.3 is 51.4 Å². The number of halogens is 1. The zero-order chi connectivity index (χ0) is 45.9. The molecule has 0 radical (unpaired) electrons. The number of fused-ring (bicyclic) bond motifs is 6. The molecule has 16 nitrogen and oxygen atoms in total. The van der Waals surface area contributed by atoms with E-state index in [2.05, 4.69) is 15.2 Å². The average molecular weight is 940 g/mol. The minimum absolute atomic E-state index is 0.0178. The third-order valence-corrected chi connectivity index (χ3v) is 14.9. The van der Waals surface area contributed by atoms with Gasteiger partial charge in [-0.05, 0) is 90.6 Å². The minimum atomic E-state index is -1.18. The fourth-order valence-electron chi connectivity index (χ4n) is 9.80. The van der Waals surface area contributed by atoms with Gasteiger partial charge in [0.15, 0.2) is 21.4 Å². The number of phenolic OH excluding ortho intramolecular Hbond substituents is 1. The number of aromatic amines is 1. The number of carboxylic acids is 1. The summed E-state index contributed by atoms with van der Waals surface area (Å²) in [6.45, 7) is 3.81. The number of aromatic hydroxyl groups is 1. The molecule has 6 heterocycles. The maximum absolute atomic E-state index is 14.1. The average Bonchev–Trinajstić information content (AvgIpc) is 3.54. The third kappa shape index (κ3) is 6.65. The van der Waals surface area contributed by atoms with Crippen molar-refractivity contribution in [3.05, 3.63) is 122 Å². The number of carbonyl (C=O) groups excluding carboxylic acids is 1. The summed E-state index contributed by atoms with van der Waals surface area (Å²) in [6.07, 6.45) is 1.07. The second-order valence-corrected chi connectivity index (χ2v) is 18.8. The maximum atomic E-state index is 14.1. The Morgan fingerprint density at radius 2 is 1.86 bits per heavy atom. The fraction of sp³-hybridized carbons (Fsp3) is 0.213. The molecule has 3 aliphatic heterocycles. The Labute approximate surface area is 389 Å². The van der Waals surface area contributed by atoms with Crippen molar-refractivity contribution < 1.29 is 28.9 Å². The number of primary amides is 1. The SMILES string of the molecule is CCc1[nH]c2nc(Sc3ccc4cc5c([n+]([O-])c4c3)CCN(C(=S)Nc3ccc(-c4c6ccc(=O)cc-6oc6cc(O)ccc46)c(C(=O)O)c3)C5)nc(N3CC4C(C3)C4(N)C(N)=O)c2c1Cl. The first-order valence-electron chi connectivity index (χ1n) is 21.1. The molecule has 19 heteroatoms. The fourth-order valence-corrected chi connectivity index (χ4v) is 11.2. The number of rotatable bonds is 8. The smallest absolute Gasteiger partial charge is 0.336 e. The first kappa shape index (κ1) is 41.7. The number of pyridine rings is 1. The van der Waals surface area contributed by atoms with E-state index in [1.54, 1.807) is 24.3 Å². The van der Waals surface area contributed by atoms with Crippen molar-refractivity contribution in [2.45, 2.75) is 41.9 Å². The molecule has 3 aromatic heterocycles. The first-order valence-corrected chi connectivity index (χ1v) is 22.7. The Balaban J connectivity index is 0.841. The molecule has 6 aromatic rings. The molecular weight excluding hydrogens is 902 g/mol. The van der Waals surface area contributed by atoms with Gasteiger partial charge >= 0.3 is 5.97 Å². The van der Waals surface area contributed by atoms with Crippen LogP contribution in [0.15, 0.2) is 98.1 Å². The number of nitrogens with zero attached hydrogens (tertiary/aromatic N) is 5. The van der Waals surface area contributed by atoms with Crippen LogP contribution in [0.2, 0.25) is 5.02 Å². The third-order valence-electron chi connectivity index (χ3n) is 13.2. The molecule has 66 heavy (non-hydrogen) atoms. The first-order chi connectivity index (χ1) is 31.7. The normalized spacial score (nSPS) is 18.8. The van der Waals surface area contributed by atoms with Crippen molar-refractivity contribution in [2.75, 3.05) is 29.9 Å². The van der Waals surface area contributed by atoms with Crippen LogP contribution < -0.4 is 31.8 Å². The van der Waals surface area contributed by atoms with Crippen molar-refractivity contribution in [1.82, 2.24) is 19.9 Å². The number of piperidine rings is 1. The molecule has 1 saturated carbocycles. The summed E-state index contributed by atoms with van der Waals surface area (Å²) in [5.74, 6) is -0.952. The molecule has 3 aromatic carbocycles. The van der Waals surface area contributed by atoms with Gasteiger partial charge in [0.25, 0.3) is 0 Å². The zero-order valence-corrected chi connectivity index (χ0v) is 37.3. The van der Waals surface area contributed by atoms with Crippen LogP contribution in [0.5, 0.6) is 5.75 Å². The molecule has 8 N–H and O–H groups in total. The lowest BCUT2D eigenvalue weighted by molar-refractivity contribution is -0.587. The quantitative estimate of drug-likeness (QED) is 0.0318. The monoisotopic (exact) mass is 939 g/mol. The molecule has 11 rings (SSSR count). The van der Waals surface area contributed by atoms with E-state index in [1.807, 2.05) is 36.1 Å². The van der Waals surface area contributed by atoms with Crippen LogP contribution in [0, 0.1) is 17.0 Å². The molecule has 2 atom stereocenters. The van der Waals surface area contributed by atoms with Gasteiger partial charge in [0, 0.05) is 93.4 Å². The second-order valence-electron chi connectivity index (χ2n) is 17.0. The largest absolute Gasteiger partial charge is 0.618 e. The number of anilines is 2. The highest BCUT2D eigenvalue weighted by atomic mass is 35.5. The number of aromatic nitrogens is 4. The number of aromatic carboxylic acids is 1. The lowest BCUT2D eigenvalue weighted by atomic mass is 9.90. The number of hydrogen-bond acceptors (Lipinski definition) is 12. The molecule has 2 fully saturated rings. The van der Waals surface area contributed by atoms with Crippen LogP contribution in [-0.2, 0) is 24.2 Å². The summed E-state index contributed by atoms with van der Waals surface area (Å²) in [4.78, 5) is 55.1. The van der Waals surface area contributed by atoms with Gasteiger partial charge in [0.1, 0.15) is 34.1 Å². The zero-order valence-electron chi connectivity index (χ0n) is 34.9. The molecular formula is C47H38ClN9O7S2.